The van der Waals surface area contributed by atoms with Crippen molar-refractivity contribution in [2.45, 2.75) is 13.0 Å². The Kier molecular flexibility index (Phi) is 2.62. The summed E-state index contributed by atoms with van der Waals surface area (Å²) in [6.07, 6.45) is 1.09. The van der Waals surface area contributed by atoms with Crippen LogP contribution in [-0.4, -0.2) is 29.7 Å². The molecule has 69 valence electrons. The van der Waals surface area contributed by atoms with E-state index < -0.39 is 0 Å². The van der Waals surface area contributed by atoms with E-state index in [0.29, 0.717) is 0 Å². The highest BCUT2D eigenvalue weighted by Gasteiger charge is 2.14. The van der Waals surface area contributed by atoms with Gasteiger partial charge in [-0.15, -0.1) is 0 Å². The topological polar surface area (TPSA) is 23.5 Å². The Bertz CT molecular complexity index is 285. The van der Waals surface area contributed by atoms with Crippen LogP contribution in [0.15, 0.2) is 18.2 Å². The Labute approximate surface area is 78.8 Å². The number of fused-ring (bicyclic) bond motifs is 1. The molecular weight excluding hydrogens is 162 g/mol. The van der Waals surface area contributed by atoms with Crippen LogP contribution in [0.5, 0.6) is 0 Å². The zero-order chi connectivity index (χ0) is 9.10. The first-order valence-electron chi connectivity index (χ1n) is 4.71. The van der Waals surface area contributed by atoms with Gasteiger partial charge in [0.2, 0.25) is 0 Å². The summed E-state index contributed by atoms with van der Waals surface area (Å²) >= 11 is 0. The van der Waals surface area contributed by atoms with E-state index in [0.717, 1.165) is 26.1 Å². The van der Waals surface area contributed by atoms with Crippen molar-refractivity contribution in [3.8, 4) is 0 Å². The zero-order valence-electron chi connectivity index (χ0n) is 7.66. The third-order valence-electron chi connectivity index (χ3n) is 2.56. The molecular formula is C11H14NO. The molecule has 13 heavy (non-hydrogen) atoms. The number of hydrogen-bond donors (Lipinski definition) is 1. The van der Waals surface area contributed by atoms with Crippen LogP contribution < -0.4 is 0 Å². The lowest BCUT2D eigenvalue weighted by molar-refractivity contribution is 0.184. The highest BCUT2D eigenvalue weighted by molar-refractivity contribution is 5.28. The summed E-state index contributed by atoms with van der Waals surface area (Å²) < 4.78 is 0. The maximum atomic E-state index is 8.82. The van der Waals surface area contributed by atoms with E-state index in [1.54, 1.807) is 0 Å². The fraction of sp³-hybridized carbons (Fsp3) is 0.455. The lowest BCUT2D eigenvalue weighted by atomic mass is 10.0. The van der Waals surface area contributed by atoms with E-state index in [1.165, 1.54) is 11.1 Å². The van der Waals surface area contributed by atoms with E-state index in [4.69, 9.17) is 5.11 Å². The minimum Gasteiger partial charge on any atom is -0.395 e. The molecule has 1 aromatic carbocycles. The fourth-order valence-corrected chi connectivity index (χ4v) is 1.81. The summed E-state index contributed by atoms with van der Waals surface area (Å²) in [6.45, 7) is 3.09. The van der Waals surface area contributed by atoms with Crippen molar-refractivity contribution in [1.82, 2.24) is 4.90 Å². The molecule has 1 aliphatic rings. The Morgan fingerprint density at radius 2 is 2.38 bits per heavy atom. The van der Waals surface area contributed by atoms with Crippen LogP contribution in [0.25, 0.3) is 0 Å². The lowest BCUT2D eigenvalue weighted by Crippen LogP contribution is -2.32. The molecule has 1 aliphatic heterocycles. The van der Waals surface area contributed by atoms with Gasteiger partial charge in [-0.1, -0.05) is 18.2 Å². The minimum absolute atomic E-state index is 0.258. The highest BCUT2D eigenvalue weighted by Crippen LogP contribution is 2.17. The maximum Gasteiger partial charge on any atom is 0.0558 e. The molecule has 0 unspecified atom stereocenters. The first-order valence-corrected chi connectivity index (χ1v) is 4.71. The van der Waals surface area contributed by atoms with Gasteiger partial charge in [0, 0.05) is 19.6 Å². The van der Waals surface area contributed by atoms with Gasteiger partial charge < -0.3 is 5.11 Å². The lowest BCUT2D eigenvalue weighted by Gasteiger charge is -2.27. The van der Waals surface area contributed by atoms with Gasteiger partial charge in [-0.25, -0.2) is 0 Å². The van der Waals surface area contributed by atoms with Crippen LogP contribution in [0.2, 0.25) is 0 Å². The van der Waals surface area contributed by atoms with E-state index in [9.17, 15) is 0 Å². The predicted octanol–water partition coefficient (Wildman–Crippen LogP) is 0.837. The van der Waals surface area contributed by atoms with Crippen LogP contribution >= 0.6 is 0 Å². The number of nitrogens with zero attached hydrogens (tertiary/aromatic N) is 1. The van der Waals surface area contributed by atoms with E-state index in [1.807, 2.05) is 6.07 Å². The number of hydrogen-bond acceptors (Lipinski definition) is 2. The molecule has 1 radical (unpaired) electrons. The van der Waals surface area contributed by atoms with Gasteiger partial charge in [0.1, 0.15) is 0 Å². The van der Waals surface area contributed by atoms with Gasteiger partial charge in [-0.3, -0.25) is 4.90 Å². The predicted molar refractivity (Wildman–Crippen MR) is 51.3 cm³/mol. The Balaban J connectivity index is 2.11. The average Bonchev–Trinajstić information content (AvgIpc) is 2.18. The summed E-state index contributed by atoms with van der Waals surface area (Å²) in [4.78, 5) is 2.28. The third-order valence-corrected chi connectivity index (χ3v) is 2.56. The quantitative estimate of drug-likeness (QED) is 0.721. The van der Waals surface area contributed by atoms with Gasteiger partial charge in [-0.2, -0.15) is 0 Å². The zero-order valence-corrected chi connectivity index (χ0v) is 7.66. The van der Waals surface area contributed by atoms with Gasteiger partial charge in [0.15, 0.2) is 0 Å². The minimum atomic E-state index is 0.258. The van der Waals surface area contributed by atoms with Crippen molar-refractivity contribution in [2.24, 2.45) is 0 Å². The average molecular weight is 176 g/mol. The number of aliphatic hydroxyl groups excluding tert-OH is 1. The second-order valence-corrected chi connectivity index (χ2v) is 3.44. The Morgan fingerprint density at radius 1 is 1.46 bits per heavy atom. The van der Waals surface area contributed by atoms with Crippen molar-refractivity contribution in [1.29, 1.82) is 0 Å². The molecule has 0 amide bonds. The molecule has 1 heterocycles. The van der Waals surface area contributed by atoms with Crippen LogP contribution in [0.1, 0.15) is 11.1 Å². The molecule has 0 saturated heterocycles. The normalized spacial score (nSPS) is 17.0. The molecule has 0 fully saturated rings. The molecule has 0 bridgehead atoms. The van der Waals surface area contributed by atoms with Gasteiger partial charge in [-0.05, 0) is 23.6 Å². The van der Waals surface area contributed by atoms with Crippen molar-refractivity contribution >= 4 is 0 Å². The summed E-state index contributed by atoms with van der Waals surface area (Å²) in [6, 6.07) is 9.26. The molecule has 0 spiro atoms. The Hall–Kier alpha value is -0.860. The molecule has 2 rings (SSSR count). The molecule has 2 nitrogen and oxygen atoms in total. The second kappa shape index (κ2) is 3.90. The smallest absolute Gasteiger partial charge is 0.0558 e. The number of β-amino-alcohol motifs (C(OH)–C–C–N with tert-alkyl or cyclic N) is 1. The molecule has 0 saturated carbocycles. The monoisotopic (exact) mass is 176 g/mol. The van der Waals surface area contributed by atoms with Crippen molar-refractivity contribution in [3.63, 3.8) is 0 Å². The third kappa shape index (κ3) is 1.90. The number of benzene rings is 1. The first kappa shape index (κ1) is 8.73. The van der Waals surface area contributed by atoms with E-state index >= 15 is 0 Å². The van der Waals surface area contributed by atoms with Crippen molar-refractivity contribution in [3.05, 3.63) is 35.4 Å². The summed E-state index contributed by atoms with van der Waals surface area (Å²) in [5.41, 5.74) is 2.80. The Morgan fingerprint density at radius 3 is 3.23 bits per heavy atom. The van der Waals surface area contributed by atoms with Crippen LogP contribution in [0.3, 0.4) is 0 Å². The fourth-order valence-electron chi connectivity index (χ4n) is 1.81. The SMILES string of the molecule is OCCN1CCc2c[c]ccc2C1. The maximum absolute atomic E-state index is 8.82. The largest absolute Gasteiger partial charge is 0.395 e. The van der Waals surface area contributed by atoms with Gasteiger partial charge >= 0.3 is 0 Å². The molecule has 0 aliphatic carbocycles. The molecule has 0 aromatic heterocycles. The van der Waals surface area contributed by atoms with Crippen LogP contribution in [0.4, 0.5) is 0 Å². The van der Waals surface area contributed by atoms with Crippen LogP contribution in [0, 0.1) is 6.07 Å². The summed E-state index contributed by atoms with van der Waals surface area (Å²) in [7, 11) is 0. The molecule has 1 N–H and O–H groups in total. The first-order chi connectivity index (χ1) is 6.40. The van der Waals surface area contributed by atoms with Crippen molar-refractivity contribution in [2.75, 3.05) is 19.7 Å². The summed E-state index contributed by atoms with van der Waals surface area (Å²) in [5.74, 6) is 0. The standard InChI is InChI=1S/C11H14NO/c13-8-7-12-6-5-10-3-1-2-4-11(10)9-12/h2-4,13H,5-9H2. The van der Waals surface area contributed by atoms with Crippen molar-refractivity contribution < 1.29 is 5.11 Å². The van der Waals surface area contributed by atoms with E-state index in [-0.39, 0.29) is 6.61 Å². The number of aliphatic hydroxyl groups is 1. The van der Waals surface area contributed by atoms with Crippen LogP contribution in [-0.2, 0) is 13.0 Å². The number of rotatable bonds is 2. The van der Waals surface area contributed by atoms with Gasteiger partial charge in [0.05, 0.1) is 6.61 Å². The van der Waals surface area contributed by atoms with E-state index in [2.05, 4.69) is 23.1 Å². The molecule has 1 aromatic rings. The van der Waals surface area contributed by atoms with Gasteiger partial charge in [0.25, 0.3) is 0 Å². The molecule has 0 atom stereocenters. The summed E-state index contributed by atoms with van der Waals surface area (Å²) in [5, 5.41) is 8.82. The molecule has 2 heteroatoms. The highest BCUT2D eigenvalue weighted by atomic mass is 16.3. The second-order valence-electron chi connectivity index (χ2n) is 3.44.